The molecule has 0 aliphatic heterocycles. The van der Waals surface area contributed by atoms with E-state index in [1.54, 1.807) is 0 Å². The highest BCUT2D eigenvalue weighted by Gasteiger charge is 2.15. The van der Waals surface area contributed by atoms with Crippen molar-refractivity contribution in [1.29, 1.82) is 0 Å². The van der Waals surface area contributed by atoms with Gasteiger partial charge in [-0.25, -0.2) is 13.2 Å². The summed E-state index contributed by atoms with van der Waals surface area (Å²) in [4.78, 5) is 22.2. The smallest absolute Gasteiger partial charge is 0.338 e. The molecule has 0 spiro atoms. The summed E-state index contributed by atoms with van der Waals surface area (Å²) in [6.07, 6.45) is 1.04. The van der Waals surface area contributed by atoms with Crippen LogP contribution in [0.2, 0.25) is 0 Å². The van der Waals surface area contributed by atoms with Crippen LogP contribution in [-0.2, 0) is 21.2 Å². The van der Waals surface area contributed by atoms with Gasteiger partial charge in [0.05, 0.1) is 15.4 Å². The van der Waals surface area contributed by atoms with Gasteiger partial charge < -0.3 is 9.15 Å². The molecule has 0 aliphatic carbocycles. The van der Waals surface area contributed by atoms with Crippen molar-refractivity contribution in [3.63, 3.8) is 0 Å². The van der Waals surface area contributed by atoms with Crippen LogP contribution in [0.5, 0.6) is 0 Å². The highest BCUT2D eigenvalue weighted by Crippen LogP contribution is 2.21. The molecule has 144 valence electrons. The van der Waals surface area contributed by atoms with E-state index in [0.717, 1.165) is 6.26 Å². The Morgan fingerprint density at radius 3 is 2.54 bits per heavy atom. The van der Waals surface area contributed by atoms with Crippen molar-refractivity contribution < 1.29 is 27.3 Å². The van der Waals surface area contributed by atoms with Crippen molar-refractivity contribution in [3.05, 3.63) is 70.1 Å². The molecule has 11 heteroatoms. The van der Waals surface area contributed by atoms with Crippen molar-refractivity contribution in [2.45, 2.75) is 11.5 Å². The van der Waals surface area contributed by atoms with Gasteiger partial charge in [-0.3, -0.25) is 10.1 Å². The molecule has 0 fully saturated rings. The zero-order valence-corrected chi connectivity index (χ0v) is 15.3. The summed E-state index contributed by atoms with van der Waals surface area (Å²) in [5.74, 6) is -0.624. The molecule has 3 aromatic rings. The number of esters is 1. The second-order valence-corrected chi connectivity index (χ2v) is 7.70. The highest BCUT2D eigenvalue weighted by molar-refractivity contribution is 7.90. The summed E-state index contributed by atoms with van der Waals surface area (Å²) in [7, 11) is -3.45. The Morgan fingerprint density at radius 2 is 1.89 bits per heavy atom. The summed E-state index contributed by atoms with van der Waals surface area (Å²) < 4.78 is 33.6. The zero-order valence-electron chi connectivity index (χ0n) is 14.4. The van der Waals surface area contributed by atoms with Gasteiger partial charge in [0.2, 0.25) is 5.89 Å². The van der Waals surface area contributed by atoms with Crippen LogP contribution in [-0.4, -0.2) is 35.8 Å². The predicted molar refractivity (Wildman–Crippen MR) is 95.1 cm³/mol. The maximum Gasteiger partial charge on any atom is 0.338 e. The SMILES string of the molecule is CS(=O)(=O)c1cccc(C(=O)OCc2nnc(-c3ccc([N+](=O)[O-])cc3)o2)c1. The highest BCUT2D eigenvalue weighted by atomic mass is 32.2. The van der Waals surface area contributed by atoms with Crippen LogP contribution >= 0.6 is 0 Å². The van der Waals surface area contributed by atoms with Crippen LogP contribution in [0.25, 0.3) is 11.5 Å². The number of hydrogen-bond donors (Lipinski definition) is 0. The lowest BCUT2D eigenvalue weighted by Crippen LogP contribution is -2.07. The van der Waals surface area contributed by atoms with Gasteiger partial charge in [-0.2, -0.15) is 0 Å². The van der Waals surface area contributed by atoms with E-state index >= 15 is 0 Å². The number of carbonyl (C=O) groups excluding carboxylic acids is 1. The third-order valence-electron chi connectivity index (χ3n) is 3.62. The number of nitrogens with zero attached hydrogens (tertiary/aromatic N) is 3. The molecule has 1 aromatic heterocycles. The monoisotopic (exact) mass is 403 g/mol. The number of rotatable bonds is 6. The van der Waals surface area contributed by atoms with E-state index in [4.69, 9.17) is 9.15 Å². The standard InChI is InChI=1S/C17H13N3O7S/c1-28(24,25)14-4-2-3-12(9-14)17(21)26-10-15-18-19-16(27-15)11-5-7-13(8-6-11)20(22)23/h2-9H,10H2,1H3. The van der Waals surface area contributed by atoms with Crippen LogP contribution in [0, 0.1) is 10.1 Å². The summed E-state index contributed by atoms with van der Waals surface area (Å²) in [5, 5.41) is 18.2. The van der Waals surface area contributed by atoms with Gasteiger partial charge in [0.15, 0.2) is 16.4 Å². The Labute approximate surface area is 158 Å². The van der Waals surface area contributed by atoms with E-state index in [1.807, 2.05) is 0 Å². The van der Waals surface area contributed by atoms with E-state index in [1.165, 1.54) is 48.5 Å². The second kappa shape index (κ2) is 7.56. The normalized spacial score (nSPS) is 11.2. The Morgan fingerprint density at radius 1 is 1.18 bits per heavy atom. The minimum Gasteiger partial charge on any atom is -0.452 e. The van der Waals surface area contributed by atoms with Crippen molar-refractivity contribution in [3.8, 4) is 11.5 Å². The number of nitro groups is 1. The minimum atomic E-state index is -3.45. The van der Waals surface area contributed by atoms with Gasteiger partial charge >= 0.3 is 5.97 Å². The van der Waals surface area contributed by atoms with Gasteiger partial charge in [0, 0.05) is 24.0 Å². The quantitative estimate of drug-likeness (QED) is 0.344. The molecule has 3 rings (SSSR count). The summed E-state index contributed by atoms with van der Waals surface area (Å²) >= 11 is 0. The Kier molecular flexibility index (Phi) is 5.18. The van der Waals surface area contributed by atoms with Crippen LogP contribution in [0.4, 0.5) is 5.69 Å². The van der Waals surface area contributed by atoms with E-state index in [9.17, 15) is 23.3 Å². The Balaban J connectivity index is 1.67. The van der Waals surface area contributed by atoms with Crippen LogP contribution in [0.3, 0.4) is 0 Å². The van der Waals surface area contributed by atoms with Crippen molar-refractivity contribution in [1.82, 2.24) is 10.2 Å². The third kappa shape index (κ3) is 4.38. The van der Waals surface area contributed by atoms with Gasteiger partial charge in [-0.05, 0) is 30.3 Å². The van der Waals surface area contributed by atoms with E-state index < -0.39 is 20.7 Å². The average Bonchev–Trinajstić information content (AvgIpc) is 3.14. The van der Waals surface area contributed by atoms with Crippen molar-refractivity contribution >= 4 is 21.5 Å². The van der Waals surface area contributed by atoms with Gasteiger partial charge in [0.25, 0.3) is 11.6 Å². The number of nitro benzene ring substituents is 1. The lowest BCUT2D eigenvalue weighted by atomic mass is 10.2. The molecule has 1 heterocycles. The second-order valence-electron chi connectivity index (χ2n) is 5.68. The fourth-order valence-corrected chi connectivity index (χ4v) is 2.89. The summed E-state index contributed by atoms with van der Waals surface area (Å²) in [6, 6.07) is 11.0. The van der Waals surface area contributed by atoms with E-state index in [-0.39, 0.29) is 34.5 Å². The first-order valence-electron chi connectivity index (χ1n) is 7.78. The van der Waals surface area contributed by atoms with Gasteiger partial charge in [0.1, 0.15) is 0 Å². The van der Waals surface area contributed by atoms with Crippen molar-refractivity contribution in [2.24, 2.45) is 0 Å². The third-order valence-corrected chi connectivity index (χ3v) is 4.73. The molecule has 0 unspecified atom stereocenters. The molecule has 0 aliphatic rings. The molecule has 2 aromatic carbocycles. The summed E-state index contributed by atoms with van der Waals surface area (Å²) in [6.45, 7) is -0.318. The molecule has 0 N–H and O–H groups in total. The maximum absolute atomic E-state index is 12.1. The van der Waals surface area contributed by atoms with Crippen LogP contribution in [0.15, 0.2) is 57.8 Å². The van der Waals surface area contributed by atoms with Gasteiger partial charge in [-0.1, -0.05) is 6.07 Å². The fraction of sp³-hybridized carbons (Fsp3) is 0.118. The molecule has 0 atom stereocenters. The number of benzene rings is 2. The molecule has 0 saturated carbocycles. The number of aromatic nitrogens is 2. The molecular formula is C17H13N3O7S. The largest absolute Gasteiger partial charge is 0.452 e. The number of non-ortho nitro benzene ring substituents is 1. The molecule has 28 heavy (non-hydrogen) atoms. The van der Waals surface area contributed by atoms with Crippen LogP contribution in [0.1, 0.15) is 16.2 Å². The number of carbonyl (C=O) groups is 1. The first-order valence-corrected chi connectivity index (χ1v) is 9.67. The minimum absolute atomic E-state index is 0.000183. The maximum atomic E-state index is 12.1. The van der Waals surface area contributed by atoms with E-state index in [0.29, 0.717) is 5.56 Å². The first-order chi connectivity index (χ1) is 13.2. The zero-order chi connectivity index (χ0) is 20.3. The molecule has 0 amide bonds. The number of sulfone groups is 1. The van der Waals surface area contributed by atoms with Gasteiger partial charge in [-0.15, -0.1) is 10.2 Å². The first kappa shape index (κ1) is 19.2. The number of ether oxygens (including phenoxy) is 1. The average molecular weight is 403 g/mol. The molecule has 0 bridgehead atoms. The molecule has 0 radical (unpaired) electrons. The topological polar surface area (TPSA) is 142 Å². The fourth-order valence-electron chi connectivity index (χ4n) is 2.22. The lowest BCUT2D eigenvalue weighted by Gasteiger charge is -2.04. The lowest BCUT2D eigenvalue weighted by molar-refractivity contribution is -0.384. The molecule has 0 saturated heterocycles. The molecule has 10 nitrogen and oxygen atoms in total. The Hall–Kier alpha value is -3.60. The summed E-state index contributed by atoms with van der Waals surface area (Å²) in [5.41, 5.74) is 0.461. The Bertz CT molecular complexity index is 1140. The predicted octanol–water partition coefficient (Wildman–Crippen LogP) is 2.41. The van der Waals surface area contributed by atoms with E-state index in [2.05, 4.69) is 10.2 Å². The number of hydrogen-bond acceptors (Lipinski definition) is 9. The molecular weight excluding hydrogens is 390 g/mol. The van der Waals surface area contributed by atoms with Crippen LogP contribution < -0.4 is 0 Å². The van der Waals surface area contributed by atoms with Crippen molar-refractivity contribution in [2.75, 3.05) is 6.26 Å².